The molecule has 0 radical (unpaired) electrons. The Hall–Kier alpha value is -3.41. The highest BCUT2D eigenvalue weighted by molar-refractivity contribution is 5.75. The Morgan fingerprint density at radius 2 is 1.90 bits per heavy atom. The summed E-state index contributed by atoms with van der Waals surface area (Å²) < 4.78 is 7.69. The van der Waals surface area contributed by atoms with E-state index in [9.17, 15) is 4.79 Å². The van der Waals surface area contributed by atoms with E-state index in [4.69, 9.17) is 4.74 Å². The van der Waals surface area contributed by atoms with Gasteiger partial charge in [-0.3, -0.25) is 0 Å². The quantitative estimate of drug-likeness (QED) is 0.693. The molecule has 1 fully saturated rings. The van der Waals surface area contributed by atoms with Crippen LogP contribution in [0.25, 0.3) is 5.69 Å². The predicted molar refractivity (Wildman–Crippen MR) is 117 cm³/mol. The molecule has 6 nitrogen and oxygen atoms in total. The number of carbonyl (C=O) groups is 1. The lowest BCUT2D eigenvalue weighted by Gasteiger charge is -2.46. The Morgan fingerprint density at radius 1 is 1.10 bits per heavy atom. The number of nitrogens with zero attached hydrogens (tertiary/aromatic N) is 2. The maximum absolute atomic E-state index is 12.7. The first-order valence-corrected chi connectivity index (χ1v) is 10.4. The van der Waals surface area contributed by atoms with Gasteiger partial charge in [0.1, 0.15) is 5.75 Å². The fourth-order valence-electron chi connectivity index (χ4n) is 4.61. The fraction of sp³-hybridized carbons (Fsp3) is 0.292. The second-order valence-electron chi connectivity index (χ2n) is 7.98. The standard InChI is InChI=1S/C24H26N4O2/c1-30-19-9-10-21-20(16-19)26-24(22-8-5-13-28(21)22)11-14-27(15-12-24)23(29)25-17-18-6-3-2-4-7-18/h2-10,13,16,26H,11-12,14-15,17H2,1H3,(H,25,29). The zero-order valence-corrected chi connectivity index (χ0v) is 17.1. The number of anilines is 1. The molecule has 2 aromatic carbocycles. The molecule has 1 spiro atoms. The zero-order valence-electron chi connectivity index (χ0n) is 17.1. The highest BCUT2D eigenvalue weighted by atomic mass is 16.5. The van der Waals surface area contributed by atoms with Gasteiger partial charge in [-0.1, -0.05) is 30.3 Å². The summed E-state index contributed by atoms with van der Waals surface area (Å²) in [5, 5.41) is 6.84. The lowest BCUT2D eigenvalue weighted by Crippen LogP contribution is -2.52. The van der Waals surface area contributed by atoms with Crippen molar-refractivity contribution in [2.75, 3.05) is 25.5 Å². The first-order chi connectivity index (χ1) is 14.7. The number of rotatable bonds is 3. The van der Waals surface area contributed by atoms with Crippen molar-refractivity contribution in [2.24, 2.45) is 0 Å². The summed E-state index contributed by atoms with van der Waals surface area (Å²) in [6.45, 7) is 1.96. The van der Waals surface area contributed by atoms with Gasteiger partial charge in [-0.15, -0.1) is 0 Å². The first kappa shape index (κ1) is 18.6. The lowest BCUT2D eigenvalue weighted by atomic mass is 9.82. The van der Waals surface area contributed by atoms with E-state index < -0.39 is 0 Å². The zero-order chi connectivity index (χ0) is 20.6. The Kier molecular flexibility index (Phi) is 4.62. The van der Waals surface area contributed by atoms with Gasteiger partial charge in [0, 0.05) is 37.6 Å². The molecule has 1 aromatic heterocycles. The van der Waals surface area contributed by atoms with Gasteiger partial charge in [-0.25, -0.2) is 4.79 Å². The molecule has 2 amide bonds. The maximum Gasteiger partial charge on any atom is 0.317 e. The third-order valence-electron chi connectivity index (χ3n) is 6.27. The summed E-state index contributed by atoms with van der Waals surface area (Å²) in [6, 6.07) is 20.4. The van der Waals surface area contributed by atoms with E-state index in [1.807, 2.05) is 41.3 Å². The van der Waals surface area contributed by atoms with E-state index in [0.29, 0.717) is 19.6 Å². The normalized spacial score (nSPS) is 16.4. The molecule has 0 bridgehead atoms. The van der Waals surface area contributed by atoms with Crippen LogP contribution in [0, 0.1) is 0 Å². The lowest BCUT2D eigenvalue weighted by molar-refractivity contribution is 0.162. The molecule has 154 valence electrons. The van der Waals surface area contributed by atoms with Gasteiger partial charge in [-0.05, 0) is 42.7 Å². The molecule has 3 heterocycles. The number of amides is 2. The van der Waals surface area contributed by atoms with Gasteiger partial charge >= 0.3 is 6.03 Å². The second kappa shape index (κ2) is 7.44. The topological polar surface area (TPSA) is 58.5 Å². The van der Waals surface area contributed by atoms with Crippen molar-refractivity contribution in [3.05, 3.63) is 78.1 Å². The van der Waals surface area contributed by atoms with E-state index >= 15 is 0 Å². The SMILES string of the molecule is COc1ccc2c(c1)NC1(CCN(C(=O)NCc3ccccc3)CC1)c1cccn1-2. The highest BCUT2D eigenvalue weighted by Crippen LogP contribution is 2.44. The number of hydrogen-bond donors (Lipinski definition) is 2. The molecule has 0 saturated carbocycles. The highest BCUT2D eigenvalue weighted by Gasteiger charge is 2.42. The van der Waals surface area contributed by atoms with Crippen LogP contribution in [0.2, 0.25) is 0 Å². The van der Waals surface area contributed by atoms with Crippen LogP contribution in [0.5, 0.6) is 5.75 Å². The number of likely N-dealkylation sites (tertiary alicyclic amines) is 1. The molecule has 0 aliphatic carbocycles. The van der Waals surface area contributed by atoms with Crippen LogP contribution < -0.4 is 15.4 Å². The Morgan fingerprint density at radius 3 is 2.67 bits per heavy atom. The minimum Gasteiger partial charge on any atom is -0.497 e. The summed E-state index contributed by atoms with van der Waals surface area (Å²) in [5.41, 5.74) is 4.38. The van der Waals surface area contributed by atoms with Gasteiger partial charge in [-0.2, -0.15) is 0 Å². The van der Waals surface area contributed by atoms with Crippen LogP contribution in [-0.2, 0) is 12.1 Å². The van der Waals surface area contributed by atoms with Gasteiger partial charge in [0.25, 0.3) is 0 Å². The molecule has 5 rings (SSSR count). The van der Waals surface area contributed by atoms with Crippen LogP contribution in [0.1, 0.15) is 24.1 Å². The monoisotopic (exact) mass is 402 g/mol. The minimum atomic E-state index is -0.181. The van der Waals surface area contributed by atoms with Crippen molar-refractivity contribution in [3.8, 4) is 11.4 Å². The molecule has 2 N–H and O–H groups in total. The number of urea groups is 1. The number of aromatic nitrogens is 1. The van der Waals surface area contributed by atoms with Crippen LogP contribution >= 0.6 is 0 Å². The number of nitrogens with one attached hydrogen (secondary N) is 2. The van der Waals surface area contributed by atoms with E-state index in [0.717, 1.165) is 35.5 Å². The van der Waals surface area contributed by atoms with Crippen LogP contribution in [-0.4, -0.2) is 35.7 Å². The predicted octanol–water partition coefficient (Wildman–Crippen LogP) is 4.11. The Labute approximate surface area is 176 Å². The van der Waals surface area contributed by atoms with Crippen molar-refractivity contribution in [2.45, 2.75) is 24.9 Å². The molecule has 0 unspecified atom stereocenters. The average molecular weight is 402 g/mol. The number of carbonyl (C=O) groups excluding carboxylic acids is 1. The van der Waals surface area contributed by atoms with Crippen molar-refractivity contribution >= 4 is 11.7 Å². The molecule has 30 heavy (non-hydrogen) atoms. The number of ether oxygens (including phenoxy) is 1. The summed E-state index contributed by atoms with van der Waals surface area (Å²) >= 11 is 0. The summed E-state index contributed by atoms with van der Waals surface area (Å²) in [4.78, 5) is 14.6. The molecule has 2 aliphatic heterocycles. The van der Waals surface area contributed by atoms with E-state index in [-0.39, 0.29) is 11.6 Å². The molecule has 2 aliphatic rings. The fourth-order valence-corrected chi connectivity index (χ4v) is 4.61. The number of benzene rings is 2. The van der Waals surface area contributed by atoms with E-state index in [2.05, 4.69) is 45.7 Å². The van der Waals surface area contributed by atoms with Crippen molar-refractivity contribution < 1.29 is 9.53 Å². The van der Waals surface area contributed by atoms with Crippen LogP contribution in [0.3, 0.4) is 0 Å². The van der Waals surface area contributed by atoms with E-state index in [1.165, 1.54) is 5.69 Å². The molecular formula is C24H26N4O2. The summed E-state index contributed by atoms with van der Waals surface area (Å²) in [7, 11) is 1.69. The van der Waals surface area contributed by atoms with Gasteiger partial charge in [0.05, 0.1) is 24.0 Å². The Balaban J connectivity index is 1.31. The van der Waals surface area contributed by atoms with Crippen LogP contribution in [0.4, 0.5) is 10.5 Å². The Bertz CT molecular complexity index is 1050. The maximum atomic E-state index is 12.7. The van der Waals surface area contributed by atoms with Gasteiger partial charge in [0.15, 0.2) is 0 Å². The molecule has 6 heteroatoms. The number of methoxy groups -OCH3 is 1. The van der Waals surface area contributed by atoms with Gasteiger partial charge in [0.2, 0.25) is 0 Å². The molecule has 0 atom stereocenters. The first-order valence-electron chi connectivity index (χ1n) is 10.4. The van der Waals surface area contributed by atoms with Crippen LogP contribution in [0.15, 0.2) is 66.9 Å². The third-order valence-corrected chi connectivity index (χ3v) is 6.27. The number of piperidine rings is 1. The molecule has 3 aromatic rings. The number of fused-ring (bicyclic) bond motifs is 4. The minimum absolute atomic E-state index is 0.00182. The smallest absolute Gasteiger partial charge is 0.317 e. The van der Waals surface area contributed by atoms with Crippen molar-refractivity contribution in [3.63, 3.8) is 0 Å². The van der Waals surface area contributed by atoms with Gasteiger partial charge < -0.3 is 24.8 Å². The largest absolute Gasteiger partial charge is 0.497 e. The van der Waals surface area contributed by atoms with Crippen molar-refractivity contribution in [1.82, 2.24) is 14.8 Å². The second-order valence-corrected chi connectivity index (χ2v) is 7.98. The number of hydrogen-bond acceptors (Lipinski definition) is 3. The van der Waals surface area contributed by atoms with Crippen molar-refractivity contribution in [1.29, 1.82) is 0 Å². The molecular weight excluding hydrogens is 376 g/mol. The molecule has 1 saturated heterocycles. The summed E-state index contributed by atoms with van der Waals surface area (Å²) in [6.07, 6.45) is 3.82. The van der Waals surface area contributed by atoms with E-state index in [1.54, 1.807) is 7.11 Å². The average Bonchev–Trinajstić information content (AvgIpc) is 3.30. The summed E-state index contributed by atoms with van der Waals surface area (Å²) in [5.74, 6) is 0.838. The third kappa shape index (κ3) is 3.18.